The molecule has 1 fully saturated rings. The van der Waals surface area contributed by atoms with Crippen LogP contribution in [0.2, 0.25) is 0 Å². The van der Waals surface area contributed by atoms with Gasteiger partial charge in [-0.3, -0.25) is 9.59 Å². The minimum Gasteiger partial charge on any atom is -0.506 e. The van der Waals surface area contributed by atoms with Gasteiger partial charge < -0.3 is 24.5 Å². The van der Waals surface area contributed by atoms with Crippen LogP contribution >= 0.6 is 0 Å². The number of rotatable bonds is 6. The quantitative estimate of drug-likeness (QED) is 0.761. The predicted molar refractivity (Wildman–Crippen MR) is 103 cm³/mol. The Bertz CT molecular complexity index is 942. The van der Waals surface area contributed by atoms with Gasteiger partial charge in [-0.1, -0.05) is 18.9 Å². The van der Waals surface area contributed by atoms with E-state index >= 15 is 0 Å². The number of carbonyl (C=O) groups is 1. The lowest BCUT2D eigenvalue weighted by Gasteiger charge is -2.17. The third-order valence-electron chi connectivity index (χ3n) is 4.97. The Labute approximate surface area is 157 Å². The Morgan fingerprint density at radius 1 is 1.30 bits per heavy atom. The van der Waals surface area contributed by atoms with Crippen LogP contribution in [-0.4, -0.2) is 35.8 Å². The van der Waals surface area contributed by atoms with Crippen molar-refractivity contribution in [3.05, 3.63) is 40.7 Å². The Morgan fingerprint density at radius 2 is 1.93 bits per heavy atom. The van der Waals surface area contributed by atoms with Crippen molar-refractivity contribution in [1.29, 1.82) is 0 Å². The normalized spacial score (nSPS) is 14.3. The van der Waals surface area contributed by atoms with E-state index in [9.17, 15) is 14.7 Å². The molecule has 0 bridgehead atoms. The van der Waals surface area contributed by atoms with Crippen LogP contribution in [0.4, 0.5) is 0 Å². The summed E-state index contributed by atoms with van der Waals surface area (Å²) in [6.45, 7) is 3.87. The first-order chi connectivity index (χ1) is 13.0. The smallest absolute Gasteiger partial charge is 0.268 e. The summed E-state index contributed by atoms with van der Waals surface area (Å²) in [5, 5.41) is 14.0. The van der Waals surface area contributed by atoms with E-state index in [1.165, 1.54) is 18.8 Å². The van der Waals surface area contributed by atoms with Crippen molar-refractivity contribution in [1.82, 2.24) is 9.88 Å². The lowest BCUT2D eigenvalue weighted by atomic mass is 10.1. The molecular formula is C20H24N2O5. The van der Waals surface area contributed by atoms with Crippen LogP contribution in [0.1, 0.15) is 36.0 Å². The van der Waals surface area contributed by atoms with Crippen LogP contribution in [0.5, 0.6) is 17.2 Å². The van der Waals surface area contributed by atoms with Gasteiger partial charge in [0.1, 0.15) is 11.3 Å². The monoisotopic (exact) mass is 372 g/mol. The van der Waals surface area contributed by atoms with Gasteiger partial charge in [0.15, 0.2) is 11.5 Å². The van der Waals surface area contributed by atoms with Crippen LogP contribution in [0.3, 0.4) is 0 Å². The average Bonchev–Trinajstić information content (AvgIpc) is 3.17. The zero-order valence-corrected chi connectivity index (χ0v) is 15.6. The second-order valence-corrected chi connectivity index (χ2v) is 6.61. The number of nitrogens with one attached hydrogen (secondary N) is 1. The largest absolute Gasteiger partial charge is 0.506 e. The molecule has 2 aromatic rings. The minimum absolute atomic E-state index is 0.0326. The number of hydrogen-bond donors (Lipinski definition) is 2. The molecule has 0 aliphatic heterocycles. The number of hydrogen-bond acceptors (Lipinski definition) is 5. The average molecular weight is 372 g/mol. The van der Waals surface area contributed by atoms with E-state index in [1.807, 2.05) is 0 Å². The molecule has 1 aromatic carbocycles. The number of aromatic nitrogens is 1. The van der Waals surface area contributed by atoms with Gasteiger partial charge in [-0.25, -0.2) is 0 Å². The van der Waals surface area contributed by atoms with Crippen molar-refractivity contribution >= 4 is 16.8 Å². The molecule has 2 N–H and O–H groups in total. The second kappa shape index (κ2) is 7.73. The van der Waals surface area contributed by atoms with E-state index in [0.29, 0.717) is 22.4 Å². The maximum Gasteiger partial charge on any atom is 0.268 e. The number of aromatic hydroxyl groups is 1. The van der Waals surface area contributed by atoms with Crippen LogP contribution in [0.25, 0.3) is 10.9 Å². The first-order valence-corrected chi connectivity index (χ1v) is 8.95. The van der Waals surface area contributed by atoms with Crippen molar-refractivity contribution in [3.8, 4) is 17.2 Å². The molecule has 0 unspecified atom stereocenters. The molecule has 7 nitrogen and oxygen atoms in total. The highest BCUT2D eigenvalue weighted by molar-refractivity contribution is 6.03. The lowest BCUT2D eigenvalue weighted by Crippen LogP contribution is -2.38. The van der Waals surface area contributed by atoms with Gasteiger partial charge in [0.05, 0.1) is 19.7 Å². The second-order valence-electron chi connectivity index (χ2n) is 6.61. The highest BCUT2D eigenvalue weighted by Crippen LogP contribution is 2.36. The minimum atomic E-state index is -0.567. The Kier molecular flexibility index (Phi) is 5.39. The van der Waals surface area contributed by atoms with Gasteiger partial charge in [0.25, 0.3) is 11.5 Å². The van der Waals surface area contributed by atoms with Crippen molar-refractivity contribution in [2.75, 3.05) is 14.2 Å². The van der Waals surface area contributed by atoms with E-state index in [2.05, 4.69) is 11.9 Å². The maximum absolute atomic E-state index is 13.0. The predicted octanol–water partition coefficient (Wildman–Crippen LogP) is 2.58. The summed E-state index contributed by atoms with van der Waals surface area (Å²) in [5.41, 5.74) is -0.390. The number of nitrogens with zero attached hydrogens (tertiary/aromatic N) is 1. The zero-order chi connectivity index (χ0) is 19.6. The molecule has 27 heavy (non-hydrogen) atoms. The molecule has 0 spiro atoms. The third kappa shape index (κ3) is 3.37. The van der Waals surface area contributed by atoms with E-state index in [-0.39, 0.29) is 23.9 Å². The van der Waals surface area contributed by atoms with Gasteiger partial charge in [-0.15, -0.1) is 6.58 Å². The molecular weight excluding hydrogens is 348 g/mol. The SMILES string of the molecule is C=CCn1c(=O)c(C(=O)NC2CCCC2)c(O)c2cc(OC)c(OC)cc21. The standard InChI is InChI=1S/C20H24N2O5/c1-4-9-22-14-11-16(27-3)15(26-2)10-13(14)18(23)17(20(22)25)19(24)21-12-7-5-6-8-12/h4,10-12,23H,1,5-9H2,2-3H3,(H,21,24). The Balaban J connectivity index is 2.22. The van der Waals surface area contributed by atoms with Crippen molar-refractivity contribution in [3.63, 3.8) is 0 Å². The fourth-order valence-corrected chi connectivity index (χ4v) is 3.60. The highest BCUT2D eigenvalue weighted by Gasteiger charge is 2.26. The van der Waals surface area contributed by atoms with E-state index in [0.717, 1.165) is 25.7 Å². The van der Waals surface area contributed by atoms with Crippen LogP contribution in [-0.2, 0) is 6.54 Å². The summed E-state index contributed by atoms with van der Waals surface area (Å²) in [7, 11) is 2.97. The number of ether oxygens (including phenoxy) is 2. The summed E-state index contributed by atoms with van der Waals surface area (Å²) in [6.07, 6.45) is 5.42. The van der Waals surface area contributed by atoms with Gasteiger partial charge in [0.2, 0.25) is 0 Å². The first-order valence-electron chi connectivity index (χ1n) is 8.95. The number of fused-ring (bicyclic) bond motifs is 1. The number of amides is 1. The van der Waals surface area contributed by atoms with E-state index < -0.39 is 11.5 Å². The highest BCUT2D eigenvalue weighted by atomic mass is 16.5. The topological polar surface area (TPSA) is 89.8 Å². The number of carbonyl (C=O) groups excluding carboxylic acids is 1. The van der Waals surface area contributed by atoms with Gasteiger partial charge >= 0.3 is 0 Å². The molecule has 144 valence electrons. The molecule has 1 amide bonds. The zero-order valence-electron chi connectivity index (χ0n) is 15.6. The number of methoxy groups -OCH3 is 2. The molecule has 1 heterocycles. The molecule has 1 aromatic heterocycles. The number of benzene rings is 1. The Hall–Kier alpha value is -2.96. The fraction of sp³-hybridized carbons (Fsp3) is 0.400. The van der Waals surface area contributed by atoms with E-state index in [4.69, 9.17) is 9.47 Å². The molecule has 1 saturated carbocycles. The number of allylic oxidation sites excluding steroid dienone is 1. The molecule has 1 aliphatic rings. The number of pyridine rings is 1. The Morgan fingerprint density at radius 3 is 2.52 bits per heavy atom. The van der Waals surface area contributed by atoms with Crippen LogP contribution < -0.4 is 20.3 Å². The van der Waals surface area contributed by atoms with Crippen LogP contribution in [0, 0.1) is 0 Å². The van der Waals surface area contributed by atoms with Crippen molar-refractivity contribution in [2.45, 2.75) is 38.3 Å². The summed E-state index contributed by atoms with van der Waals surface area (Å²) < 4.78 is 12.0. The van der Waals surface area contributed by atoms with Crippen LogP contribution in [0.15, 0.2) is 29.6 Å². The molecule has 0 saturated heterocycles. The van der Waals surface area contributed by atoms with Crippen molar-refractivity contribution < 1.29 is 19.4 Å². The summed E-state index contributed by atoms with van der Waals surface area (Å²) in [5.74, 6) is -0.0957. The molecule has 0 radical (unpaired) electrons. The van der Waals surface area contributed by atoms with Crippen molar-refractivity contribution in [2.24, 2.45) is 0 Å². The van der Waals surface area contributed by atoms with Gasteiger partial charge in [-0.05, 0) is 18.9 Å². The maximum atomic E-state index is 13.0. The molecule has 0 atom stereocenters. The van der Waals surface area contributed by atoms with E-state index in [1.54, 1.807) is 18.2 Å². The lowest BCUT2D eigenvalue weighted by molar-refractivity contribution is 0.0933. The summed E-state index contributed by atoms with van der Waals surface area (Å²) in [4.78, 5) is 25.7. The summed E-state index contributed by atoms with van der Waals surface area (Å²) >= 11 is 0. The fourth-order valence-electron chi connectivity index (χ4n) is 3.60. The first kappa shape index (κ1) is 18.8. The van der Waals surface area contributed by atoms with Gasteiger partial charge in [0, 0.05) is 24.0 Å². The summed E-state index contributed by atoms with van der Waals surface area (Å²) in [6, 6.07) is 3.21. The van der Waals surface area contributed by atoms with Gasteiger partial charge in [-0.2, -0.15) is 0 Å². The molecule has 1 aliphatic carbocycles. The molecule has 3 rings (SSSR count). The molecule has 7 heteroatoms. The third-order valence-corrected chi connectivity index (χ3v) is 4.97.